The highest BCUT2D eigenvalue weighted by Gasteiger charge is 2.33. The fraction of sp³-hybridized carbons (Fsp3) is 0.522. The van der Waals surface area contributed by atoms with Gasteiger partial charge in [0.05, 0.1) is 7.11 Å². The highest BCUT2D eigenvalue weighted by atomic mass is 16.5. The fourth-order valence-electron chi connectivity index (χ4n) is 3.61. The van der Waals surface area contributed by atoms with E-state index in [2.05, 4.69) is 17.2 Å². The van der Waals surface area contributed by atoms with Crippen molar-refractivity contribution < 1.29 is 19.1 Å². The molecule has 1 atom stereocenters. The molecule has 1 fully saturated rings. The number of carbonyl (C=O) groups excluding carboxylic acids is 3. The number of rotatable bonds is 9. The molecule has 1 aromatic rings. The quantitative estimate of drug-likeness (QED) is 0.606. The average Bonchev–Trinajstić information content (AvgIpc) is 2.75. The van der Waals surface area contributed by atoms with Crippen LogP contribution in [0.3, 0.4) is 0 Å². The first-order valence-electron chi connectivity index (χ1n) is 10.5. The summed E-state index contributed by atoms with van der Waals surface area (Å²) in [6.07, 6.45) is 3.47. The second-order valence-corrected chi connectivity index (χ2v) is 8.03. The van der Waals surface area contributed by atoms with Gasteiger partial charge in [-0.2, -0.15) is 0 Å². The first-order chi connectivity index (χ1) is 14.3. The average molecular weight is 416 g/mol. The largest absolute Gasteiger partial charge is 0.497 e. The van der Waals surface area contributed by atoms with E-state index in [0.29, 0.717) is 56.1 Å². The molecule has 0 saturated carbocycles. The summed E-state index contributed by atoms with van der Waals surface area (Å²) in [5.74, 6) is 0.540. The number of benzene rings is 1. The zero-order valence-electron chi connectivity index (χ0n) is 18.1. The molecule has 1 unspecified atom stereocenters. The van der Waals surface area contributed by atoms with Crippen LogP contribution in [0.4, 0.5) is 0 Å². The van der Waals surface area contributed by atoms with Crippen LogP contribution in [0.1, 0.15) is 43.5 Å². The van der Waals surface area contributed by atoms with Crippen molar-refractivity contribution in [1.82, 2.24) is 15.5 Å². The molecule has 1 heterocycles. The SMILES string of the molecule is C=CCNC(=O)C(NC(=O)c1ccc(OC)cc1)C1CCN(C(=O)CC(C)C)CC1. The maximum Gasteiger partial charge on any atom is 0.251 e. The van der Waals surface area contributed by atoms with Crippen LogP contribution in [-0.2, 0) is 9.59 Å². The first-order valence-corrected chi connectivity index (χ1v) is 10.5. The second-order valence-electron chi connectivity index (χ2n) is 8.03. The van der Waals surface area contributed by atoms with Gasteiger partial charge in [0, 0.05) is 31.6 Å². The minimum absolute atomic E-state index is 0.0416. The third kappa shape index (κ3) is 6.61. The van der Waals surface area contributed by atoms with E-state index in [-0.39, 0.29) is 23.6 Å². The summed E-state index contributed by atoms with van der Waals surface area (Å²) in [7, 11) is 1.56. The molecule has 1 aromatic carbocycles. The molecular formula is C23H33N3O4. The molecule has 3 amide bonds. The Balaban J connectivity index is 2.06. The molecule has 1 aliphatic rings. The number of likely N-dealkylation sites (tertiary alicyclic amines) is 1. The Morgan fingerprint density at radius 2 is 1.83 bits per heavy atom. The number of carbonyl (C=O) groups is 3. The monoisotopic (exact) mass is 415 g/mol. The maximum absolute atomic E-state index is 12.8. The normalized spacial score (nSPS) is 15.4. The van der Waals surface area contributed by atoms with Gasteiger partial charge in [-0.3, -0.25) is 14.4 Å². The van der Waals surface area contributed by atoms with Gasteiger partial charge in [-0.1, -0.05) is 19.9 Å². The summed E-state index contributed by atoms with van der Waals surface area (Å²) in [5, 5.41) is 5.69. The standard InChI is InChI=1S/C23H33N3O4/c1-5-12-24-23(29)21(25-22(28)18-6-8-19(30-4)9-7-18)17-10-13-26(14-11-17)20(27)15-16(2)3/h5-9,16-17,21H,1,10-15H2,2-4H3,(H,24,29)(H,25,28). The van der Waals surface area contributed by atoms with Crippen LogP contribution >= 0.6 is 0 Å². The predicted octanol–water partition coefficient (Wildman–Crippen LogP) is 2.38. The minimum atomic E-state index is -0.665. The number of ether oxygens (including phenoxy) is 1. The van der Waals surface area contributed by atoms with Crippen LogP contribution in [-0.4, -0.2) is 55.4 Å². The molecule has 0 bridgehead atoms. The summed E-state index contributed by atoms with van der Waals surface area (Å²) < 4.78 is 5.12. The number of nitrogens with zero attached hydrogens (tertiary/aromatic N) is 1. The Kier molecular flexibility index (Phi) is 8.89. The Hall–Kier alpha value is -2.83. The molecule has 0 spiro atoms. The van der Waals surface area contributed by atoms with E-state index in [1.165, 1.54) is 0 Å². The van der Waals surface area contributed by atoms with E-state index >= 15 is 0 Å². The lowest BCUT2D eigenvalue weighted by molar-refractivity contribution is -0.133. The predicted molar refractivity (Wildman–Crippen MR) is 116 cm³/mol. The fourth-order valence-corrected chi connectivity index (χ4v) is 3.61. The Bertz CT molecular complexity index is 737. The van der Waals surface area contributed by atoms with Crippen LogP contribution in [0.25, 0.3) is 0 Å². The van der Waals surface area contributed by atoms with E-state index in [1.807, 2.05) is 18.7 Å². The zero-order valence-corrected chi connectivity index (χ0v) is 18.1. The molecule has 1 saturated heterocycles. The first kappa shape index (κ1) is 23.4. The number of amides is 3. The molecule has 7 nitrogen and oxygen atoms in total. The molecule has 2 rings (SSSR count). The summed E-state index contributed by atoms with van der Waals surface area (Å²) in [6.45, 7) is 9.21. The third-order valence-corrected chi connectivity index (χ3v) is 5.29. The highest BCUT2D eigenvalue weighted by Crippen LogP contribution is 2.23. The van der Waals surface area contributed by atoms with Gasteiger partial charge in [-0.05, 0) is 48.9 Å². The van der Waals surface area contributed by atoms with Crippen LogP contribution in [0.5, 0.6) is 5.75 Å². The van der Waals surface area contributed by atoms with Gasteiger partial charge in [-0.15, -0.1) is 6.58 Å². The van der Waals surface area contributed by atoms with Crippen molar-refractivity contribution in [1.29, 1.82) is 0 Å². The van der Waals surface area contributed by atoms with Crippen molar-refractivity contribution in [2.75, 3.05) is 26.7 Å². The topological polar surface area (TPSA) is 87.7 Å². The molecule has 0 aliphatic carbocycles. The Morgan fingerprint density at radius 3 is 2.37 bits per heavy atom. The number of hydrogen-bond donors (Lipinski definition) is 2. The van der Waals surface area contributed by atoms with Gasteiger partial charge in [0.15, 0.2) is 0 Å². The van der Waals surface area contributed by atoms with Crippen LogP contribution in [0.15, 0.2) is 36.9 Å². The van der Waals surface area contributed by atoms with Crippen molar-refractivity contribution in [2.45, 2.75) is 39.2 Å². The van der Waals surface area contributed by atoms with Gasteiger partial charge in [0.2, 0.25) is 11.8 Å². The van der Waals surface area contributed by atoms with Crippen LogP contribution in [0, 0.1) is 11.8 Å². The van der Waals surface area contributed by atoms with Gasteiger partial charge < -0.3 is 20.3 Å². The lowest BCUT2D eigenvalue weighted by Gasteiger charge is -2.36. The van der Waals surface area contributed by atoms with E-state index < -0.39 is 6.04 Å². The smallest absolute Gasteiger partial charge is 0.251 e. The lowest BCUT2D eigenvalue weighted by atomic mass is 9.88. The van der Waals surface area contributed by atoms with Gasteiger partial charge in [0.25, 0.3) is 5.91 Å². The van der Waals surface area contributed by atoms with Crippen molar-refractivity contribution in [3.8, 4) is 5.75 Å². The summed E-state index contributed by atoms with van der Waals surface area (Å²) in [4.78, 5) is 39.7. The molecule has 30 heavy (non-hydrogen) atoms. The van der Waals surface area contributed by atoms with Crippen LogP contribution in [0.2, 0.25) is 0 Å². The minimum Gasteiger partial charge on any atom is -0.497 e. The number of piperidine rings is 1. The molecule has 1 aliphatic heterocycles. The van der Waals surface area contributed by atoms with Crippen LogP contribution < -0.4 is 15.4 Å². The molecule has 164 valence electrons. The van der Waals surface area contributed by atoms with Crippen molar-refractivity contribution in [3.05, 3.63) is 42.5 Å². The Labute approximate surface area is 178 Å². The lowest BCUT2D eigenvalue weighted by Crippen LogP contribution is -2.53. The molecule has 2 N–H and O–H groups in total. The number of methoxy groups -OCH3 is 1. The van der Waals surface area contributed by atoms with Crippen molar-refractivity contribution in [2.24, 2.45) is 11.8 Å². The Morgan fingerprint density at radius 1 is 1.20 bits per heavy atom. The van der Waals surface area contributed by atoms with Gasteiger partial charge >= 0.3 is 0 Å². The van der Waals surface area contributed by atoms with Gasteiger partial charge in [-0.25, -0.2) is 0 Å². The molecule has 0 radical (unpaired) electrons. The summed E-state index contributed by atoms with van der Waals surface area (Å²) in [6, 6.07) is 6.09. The summed E-state index contributed by atoms with van der Waals surface area (Å²) in [5.41, 5.74) is 0.460. The summed E-state index contributed by atoms with van der Waals surface area (Å²) >= 11 is 0. The number of nitrogens with one attached hydrogen (secondary N) is 2. The zero-order chi connectivity index (χ0) is 22.1. The van der Waals surface area contributed by atoms with E-state index in [0.717, 1.165) is 0 Å². The highest BCUT2D eigenvalue weighted by molar-refractivity contribution is 5.97. The van der Waals surface area contributed by atoms with Crippen molar-refractivity contribution >= 4 is 17.7 Å². The molecule has 7 heteroatoms. The third-order valence-electron chi connectivity index (χ3n) is 5.29. The van der Waals surface area contributed by atoms with E-state index in [4.69, 9.17) is 4.74 Å². The second kappa shape index (κ2) is 11.4. The number of hydrogen-bond acceptors (Lipinski definition) is 4. The van der Waals surface area contributed by atoms with E-state index in [1.54, 1.807) is 37.5 Å². The van der Waals surface area contributed by atoms with Gasteiger partial charge in [0.1, 0.15) is 11.8 Å². The molecular weight excluding hydrogens is 382 g/mol. The van der Waals surface area contributed by atoms with Crippen molar-refractivity contribution in [3.63, 3.8) is 0 Å². The molecule has 0 aromatic heterocycles. The maximum atomic E-state index is 12.8. The van der Waals surface area contributed by atoms with E-state index in [9.17, 15) is 14.4 Å².